The number of rotatable bonds is 2. The van der Waals surface area contributed by atoms with Crippen LogP contribution in [0.3, 0.4) is 0 Å². The van der Waals surface area contributed by atoms with Gasteiger partial charge in [0.05, 0.1) is 13.2 Å². The largest absolute Gasteiger partial charge is 0.494 e. The third kappa shape index (κ3) is 1.24. The summed E-state index contributed by atoms with van der Waals surface area (Å²) in [5.41, 5.74) is 1.26. The molecule has 1 aliphatic heterocycles. The van der Waals surface area contributed by atoms with Gasteiger partial charge in [-0.05, 0) is 25.1 Å². The molecule has 1 aliphatic rings. The summed E-state index contributed by atoms with van der Waals surface area (Å²) in [5, 5.41) is 0. The second-order valence-electron chi connectivity index (χ2n) is 2.80. The van der Waals surface area contributed by atoms with Crippen LogP contribution in [0.25, 0.3) is 0 Å². The maximum atomic E-state index is 5.38. The van der Waals surface area contributed by atoms with Gasteiger partial charge in [0, 0.05) is 12.0 Å². The lowest BCUT2D eigenvalue weighted by molar-refractivity contribution is 0.338. The number of hydrogen-bond donors (Lipinski definition) is 0. The molecule has 0 N–H and O–H groups in total. The van der Waals surface area contributed by atoms with Gasteiger partial charge in [0.2, 0.25) is 0 Å². The minimum atomic E-state index is 0.722. The van der Waals surface area contributed by atoms with Gasteiger partial charge >= 0.3 is 0 Å². The predicted molar refractivity (Wildman–Crippen MR) is 46.8 cm³/mol. The Bertz CT molecular complexity index is 281. The van der Waals surface area contributed by atoms with Gasteiger partial charge in [0.15, 0.2) is 0 Å². The van der Waals surface area contributed by atoms with E-state index in [9.17, 15) is 0 Å². The number of fused-ring (bicyclic) bond motifs is 1. The van der Waals surface area contributed by atoms with E-state index in [2.05, 4.69) is 6.07 Å². The molecule has 64 valence electrons. The summed E-state index contributed by atoms with van der Waals surface area (Å²) in [7, 11) is 0. The van der Waals surface area contributed by atoms with E-state index in [1.807, 2.05) is 19.1 Å². The second kappa shape index (κ2) is 3.05. The van der Waals surface area contributed by atoms with Crippen LogP contribution in [0.1, 0.15) is 12.5 Å². The molecule has 12 heavy (non-hydrogen) atoms. The lowest BCUT2D eigenvalue weighted by atomic mass is 10.2. The highest BCUT2D eigenvalue weighted by atomic mass is 16.5. The minimum absolute atomic E-state index is 0.722. The molecule has 2 nitrogen and oxygen atoms in total. The average Bonchev–Trinajstić information content (AvgIpc) is 2.51. The number of hydrogen-bond acceptors (Lipinski definition) is 2. The van der Waals surface area contributed by atoms with Crippen LogP contribution in [0.2, 0.25) is 0 Å². The van der Waals surface area contributed by atoms with E-state index in [1.165, 1.54) is 5.56 Å². The number of ether oxygens (including phenoxy) is 2. The minimum Gasteiger partial charge on any atom is -0.494 e. The predicted octanol–water partition coefficient (Wildman–Crippen LogP) is 2.02. The molecule has 0 unspecified atom stereocenters. The Labute approximate surface area is 72.1 Å². The first-order valence-electron chi connectivity index (χ1n) is 4.28. The average molecular weight is 164 g/mol. The van der Waals surface area contributed by atoms with Gasteiger partial charge in [-0.2, -0.15) is 0 Å². The first kappa shape index (κ1) is 7.47. The molecule has 1 heterocycles. The van der Waals surface area contributed by atoms with Crippen molar-refractivity contribution in [3.63, 3.8) is 0 Å². The van der Waals surface area contributed by atoms with Crippen molar-refractivity contribution in [2.45, 2.75) is 13.3 Å². The van der Waals surface area contributed by atoms with Crippen LogP contribution in [0.4, 0.5) is 0 Å². The lowest BCUT2D eigenvalue weighted by Crippen LogP contribution is -1.91. The summed E-state index contributed by atoms with van der Waals surface area (Å²) in [5.74, 6) is 1.96. The molecule has 2 rings (SSSR count). The van der Waals surface area contributed by atoms with E-state index in [4.69, 9.17) is 9.47 Å². The molecule has 0 atom stereocenters. The maximum absolute atomic E-state index is 5.38. The summed E-state index contributed by atoms with van der Waals surface area (Å²) in [6, 6.07) is 5.99. The molecule has 0 aromatic heterocycles. The van der Waals surface area contributed by atoms with Crippen molar-refractivity contribution < 1.29 is 9.47 Å². The molecular formula is C10H12O2. The van der Waals surface area contributed by atoms with Crippen molar-refractivity contribution in [3.05, 3.63) is 23.8 Å². The van der Waals surface area contributed by atoms with E-state index >= 15 is 0 Å². The van der Waals surface area contributed by atoms with Crippen molar-refractivity contribution in [2.24, 2.45) is 0 Å². The Morgan fingerprint density at radius 2 is 2.42 bits per heavy atom. The van der Waals surface area contributed by atoms with Crippen LogP contribution in [-0.2, 0) is 6.42 Å². The van der Waals surface area contributed by atoms with Crippen molar-refractivity contribution in [1.82, 2.24) is 0 Å². The van der Waals surface area contributed by atoms with E-state index in [1.54, 1.807) is 0 Å². The fourth-order valence-corrected chi connectivity index (χ4v) is 1.42. The molecule has 2 heteroatoms. The van der Waals surface area contributed by atoms with Gasteiger partial charge in [-0.3, -0.25) is 0 Å². The Kier molecular flexibility index (Phi) is 1.90. The zero-order valence-electron chi connectivity index (χ0n) is 7.17. The molecule has 0 saturated heterocycles. The quantitative estimate of drug-likeness (QED) is 0.665. The van der Waals surface area contributed by atoms with E-state index in [0.717, 1.165) is 31.1 Å². The molecular weight excluding hydrogens is 152 g/mol. The molecule has 1 aromatic carbocycles. The SMILES string of the molecule is CCOc1ccc2c(c1)CCO2. The molecule has 0 spiro atoms. The zero-order chi connectivity index (χ0) is 8.39. The van der Waals surface area contributed by atoms with Gasteiger partial charge in [0.1, 0.15) is 11.5 Å². The standard InChI is InChI=1S/C10H12O2/c1-2-11-9-3-4-10-8(7-9)5-6-12-10/h3-4,7H,2,5-6H2,1H3. The highest BCUT2D eigenvalue weighted by molar-refractivity contribution is 5.42. The first-order chi connectivity index (χ1) is 5.90. The van der Waals surface area contributed by atoms with Gasteiger partial charge in [-0.1, -0.05) is 0 Å². The fourth-order valence-electron chi connectivity index (χ4n) is 1.42. The summed E-state index contributed by atoms with van der Waals surface area (Å²) in [6.45, 7) is 3.52. The van der Waals surface area contributed by atoms with Gasteiger partial charge in [-0.15, -0.1) is 0 Å². The number of benzene rings is 1. The van der Waals surface area contributed by atoms with Crippen molar-refractivity contribution in [2.75, 3.05) is 13.2 Å². The Morgan fingerprint density at radius 3 is 3.25 bits per heavy atom. The summed E-state index contributed by atoms with van der Waals surface area (Å²) in [4.78, 5) is 0. The highest BCUT2D eigenvalue weighted by Gasteiger charge is 2.11. The zero-order valence-corrected chi connectivity index (χ0v) is 7.17. The summed E-state index contributed by atoms with van der Waals surface area (Å²) in [6.07, 6.45) is 1.01. The molecule has 1 aromatic rings. The first-order valence-corrected chi connectivity index (χ1v) is 4.28. The molecule has 0 aliphatic carbocycles. The third-order valence-corrected chi connectivity index (χ3v) is 1.97. The van der Waals surface area contributed by atoms with Crippen LogP contribution in [0.15, 0.2) is 18.2 Å². The summed E-state index contributed by atoms with van der Waals surface area (Å²) >= 11 is 0. The highest BCUT2D eigenvalue weighted by Crippen LogP contribution is 2.28. The normalized spacial score (nSPS) is 13.8. The van der Waals surface area contributed by atoms with Crippen LogP contribution in [-0.4, -0.2) is 13.2 Å². The smallest absolute Gasteiger partial charge is 0.122 e. The summed E-state index contributed by atoms with van der Waals surface area (Å²) < 4.78 is 10.8. The van der Waals surface area contributed by atoms with E-state index < -0.39 is 0 Å². The van der Waals surface area contributed by atoms with Crippen LogP contribution in [0.5, 0.6) is 11.5 Å². The Hall–Kier alpha value is -1.18. The fraction of sp³-hybridized carbons (Fsp3) is 0.400. The third-order valence-electron chi connectivity index (χ3n) is 1.97. The van der Waals surface area contributed by atoms with Gasteiger partial charge in [0.25, 0.3) is 0 Å². The molecule has 0 amide bonds. The van der Waals surface area contributed by atoms with Gasteiger partial charge < -0.3 is 9.47 Å². The van der Waals surface area contributed by atoms with E-state index in [-0.39, 0.29) is 0 Å². The molecule has 0 saturated carbocycles. The lowest BCUT2D eigenvalue weighted by Gasteiger charge is -2.04. The molecule has 0 fully saturated rings. The second-order valence-corrected chi connectivity index (χ2v) is 2.80. The van der Waals surface area contributed by atoms with E-state index in [0.29, 0.717) is 0 Å². The van der Waals surface area contributed by atoms with Gasteiger partial charge in [-0.25, -0.2) is 0 Å². The topological polar surface area (TPSA) is 18.5 Å². The Morgan fingerprint density at radius 1 is 1.50 bits per heavy atom. The Balaban J connectivity index is 2.26. The van der Waals surface area contributed by atoms with Crippen LogP contribution >= 0.6 is 0 Å². The monoisotopic (exact) mass is 164 g/mol. The van der Waals surface area contributed by atoms with Crippen molar-refractivity contribution >= 4 is 0 Å². The van der Waals surface area contributed by atoms with Crippen LogP contribution < -0.4 is 9.47 Å². The maximum Gasteiger partial charge on any atom is 0.122 e. The molecule has 0 bridgehead atoms. The van der Waals surface area contributed by atoms with Crippen molar-refractivity contribution in [1.29, 1.82) is 0 Å². The molecule has 0 radical (unpaired) electrons. The van der Waals surface area contributed by atoms with Crippen LogP contribution in [0, 0.1) is 0 Å². The van der Waals surface area contributed by atoms with Crippen molar-refractivity contribution in [3.8, 4) is 11.5 Å².